The minimum atomic E-state index is -1.77. The van der Waals surface area contributed by atoms with Gasteiger partial charge < -0.3 is 0 Å². The molecule has 4 rings (SSSR count). The Bertz CT molecular complexity index is 906. The number of benzene rings is 4. The molecule has 0 saturated heterocycles. The van der Waals surface area contributed by atoms with Crippen LogP contribution in [0.5, 0.6) is 0 Å². The third-order valence-corrected chi connectivity index (χ3v) is 33.6. The second kappa shape index (κ2) is 9.84. The Morgan fingerprint density at radius 2 is 0.600 bits per heavy atom. The summed E-state index contributed by atoms with van der Waals surface area (Å²) >= 11 is 9.41. The van der Waals surface area contributed by atoms with Crippen LogP contribution in [0, 0.1) is 0 Å². The Balaban J connectivity index is 1.98. The third kappa shape index (κ3) is 4.17. The van der Waals surface area contributed by atoms with Crippen LogP contribution in [0.1, 0.15) is 0 Å². The topological polar surface area (TPSA) is 0 Å². The van der Waals surface area contributed by atoms with Gasteiger partial charge in [-0.1, -0.05) is 0 Å². The average molecular weight is 623 g/mol. The molecule has 5 heteroatoms. The first kappa shape index (κ1) is 22.5. The summed E-state index contributed by atoms with van der Waals surface area (Å²) in [5, 5.41) is 5.74. The van der Waals surface area contributed by atoms with Crippen LogP contribution in [0.15, 0.2) is 121 Å². The Morgan fingerprint density at radius 1 is 0.400 bits per heavy atom. The van der Waals surface area contributed by atoms with E-state index in [-0.39, 0.29) is 0 Å². The van der Waals surface area contributed by atoms with Crippen molar-refractivity contribution in [3.05, 3.63) is 121 Å². The molecule has 30 heavy (non-hydrogen) atoms. The summed E-state index contributed by atoms with van der Waals surface area (Å²) < 4.78 is 0.395. The fourth-order valence-electron chi connectivity index (χ4n) is 3.69. The summed E-state index contributed by atoms with van der Waals surface area (Å²) in [5.41, 5.74) is 0. The van der Waals surface area contributed by atoms with E-state index in [2.05, 4.69) is 168 Å². The Kier molecular flexibility index (Phi) is 7.38. The molecule has 0 aliphatic heterocycles. The van der Waals surface area contributed by atoms with Gasteiger partial charge in [0.05, 0.1) is 0 Å². The average Bonchev–Trinajstić information content (AvgIpc) is 2.84. The third-order valence-electron chi connectivity index (χ3n) is 5.27. The molecule has 0 aliphatic carbocycles. The molecular weight excluding hydrogens is 599 g/mol. The van der Waals surface area contributed by atoms with Crippen molar-refractivity contribution in [3.8, 4) is 0 Å². The van der Waals surface area contributed by atoms with Gasteiger partial charge in [0.25, 0.3) is 0 Å². The van der Waals surface area contributed by atoms with Gasteiger partial charge in [-0.25, -0.2) is 0 Å². The van der Waals surface area contributed by atoms with Crippen molar-refractivity contribution in [2.45, 2.75) is 4.30 Å². The van der Waals surface area contributed by atoms with Gasteiger partial charge in [-0.15, -0.1) is 0 Å². The molecule has 4 aromatic rings. The van der Waals surface area contributed by atoms with Crippen LogP contribution in [0.3, 0.4) is 0 Å². The summed E-state index contributed by atoms with van der Waals surface area (Å²) in [6.45, 7) is 0. The summed E-state index contributed by atoms with van der Waals surface area (Å²) in [5.74, 6) is -3.55. The first-order chi connectivity index (χ1) is 14.6. The summed E-state index contributed by atoms with van der Waals surface area (Å²) in [6, 6.07) is 44.4. The van der Waals surface area contributed by atoms with Gasteiger partial charge in [-0.2, -0.15) is 0 Å². The zero-order valence-electron chi connectivity index (χ0n) is 16.4. The first-order valence-corrected chi connectivity index (χ1v) is 19.5. The van der Waals surface area contributed by atoms with Crippen molar-refractivity contribution >= 4 is 80.3 Å². The second-order valence-electron chi connectivity index (χ2n) is 7.06. The summed E-state index contributed by atoms with van der Waals surface area (Å²) in [7, 11) is 0. The van der Waals surface area contributed by atoms with E-state index in [9.17, 15) is 0 Å². The van der Waals surface area contributed by atoms with Crippen LogP contribution < -0.4 is 21.2 Å². The molecular formula is C25H24P2Se3+2. The van der Waals surface area contributed by atoms with Crippen LogP contribution in [0.4, 0.5) is 0 Å². The fourth-order valence-corrected chi connectivity index (χ4v) is 27.4. The van der Waals surface area contributed by atoms with Crippen molar-refractivity contribution in [2.24, 2.45) is 0 Å². The van der Waals surface area contributed by atoms with E-state index in [0.29, 0.717) is 4.30 Å². The van der Waals surface area contributed by atoms with Crippen molar-refractivity contribution in [1.82, 2.24) is 0 Å². The van der Waals surface area contributed by atoms with Gasteiger partial charge in [0.15, 0.2) is 0 Å². The van der Waals surface area contributed by atoms with Crippen molar-refractivity contribution < 1.29 is 0 Å². The first-order valence-electron chi connectivity index (χ1n) is 9.71. The molecule has 0 spiro atoms. The van der Waals surface area contributed by atoms with Crippen molar-refractivity contribution in [3.63, 3.8) is 0 Å². The molecule has 4 aromatic carbocycles. The van der Waals surface area contributed by atoms with E-state index < -0.39 is 11.9 Å². The van der Waals surface area contributed by atoms with E-state index in [1.54, 1.807) is 0 Å². The van der Waals surface area contributed by atoms with Crippen molar-refractivity contribution in [2.75, 3.05) is 0 Å². The van der Waals surface area contributed by atoms with Crippen LogP contribution in [0.2, 0.25) is 0 Å². The van der Waals surface area contributed by atoms with Gasteiger partial charge in [0, 0.05) is 0 Å². The quantitative estimate of drug-likeness (QED) is 0.229. The predicted octanol–water partition coefficient (Wildman–Crippen LogP) is 3.14. The molecule has 0 aromatic heterocycles. The fraction of sp³-hybridized carbons (Fsp3) is 0.0400. The normalized spacial score (nSPS) is 12.1. The Hall–Kier alpha value is -0.702. The molecule has 0 nitrogen and oxygen atoms in total. The molecule has 0 unspecified atom stereocenters. The van der Waals surface area contributed by atoms with E-state index in [4.69, 9.17) is 0 Å². The van der Waals surface area contributed by atoms with E-state index in [1.165, 1.54) is 21.2 Å². The maximum absolute atomic E-state index is 3.15. The molecule has 0 N–H and O–H groups in total. The Labute approximate surface area is 204 Å². The maximum atomic E-state index is 3.15. The molecule has 0 radical (unpaired) electrons. The van der Waals surface area contributed by atoms with Gasteiger partial charge >= 0.3 is 206 Å². The molecule has 0 fully saturated rings. The molecule has 0 bridgehead atoms. The monoisotopic (exact) mass is 626 g/mol. The number of hydrogen-bond donors (Lipinski definition) is 0. The molecule has 150 valence electrons. The summed E-state index contributed by atoms with van der Waals surface area (Å²) in [4.78, 5) is 0. The standard InChI is InChI=1S/C25H23P2Se3/c28-25(26(29,21-13-5-1-6-14-21)22-15-7-2-8-16-22)27(30,23-17-9-3-10-18-23)24-19-11-4-12-20-24/h1-20,25,29-30H/q+1/p+1. The molecule has 0 aliphatic rings. The van der Waals surface area contributed by atoms with E-state index in [0.717, 1.165) is 0 Å². The zero-order chi connectivity index (χ0) is 21.0. The molecule has 0 amide bonds. The molecule has 0 atom stereocenters. The van der Waals surface area contributed by atoms with E-state index >= 15 is 0 Å². The van der Waals surface area contributed by atoms with E-state index in [1.807, 2.05) is 0 Å². The Morgan fingerprint density at radius 3 is 0.800 bits per heavy atom. The van der Waals surface area contributed by atoms with Gasteiger partial charge in [0.1, 0.15) is 0 Å². The van der Waals surface area contributed by atoms with Crippen LogP contribution in [-0.4, -0.2) is 51.5 Å². The number of rotatable bonds is 6. The van der Waals surface area contributed by atoms with Gasteiger partial charge in [-0.3, -0.25) is 0 Å². The van der Waals surface area contributed by atoms with Crippen LogP contribution in [-0.2, 0) is 0 Å². The predicted molar refractivity (Wildman–Crippen MR) is 143 cm³/mol. The minimum absolute atomic E-state index is 0.395. The van der Waals surface area contributed by atoms with Gasteiger partial charge in [0.2, 0.25) is 0 Å². The number of hydrogen-bond acceptors (Lipinski definition) is 0. The van der Waals surface area contributed by atoms with Crippen LogP contribution >= 0.6 is 11.9 Å². The van der Waals surface area contributed by atoms with Crippen molar-refractivity contribution in [1.29, 1.82) is 0 Å². The molecule has 0 heterocycles. The second-order valence-corrected chi connectivity index (χ2v) is 24.1. The van der Waals surface area contributed by atoms with Gasteiger partial charge in [-0.05, 0) is 0 Å². The van der Waals surface area contributed by atoms with Crippen LogP contribution in [0.25, 0.3) is 0 Å². The zero-order valence-corrected chi connectivity index (χ0v) is 23.8. The summed E-state index contributed by atoms with van der Waals surface area (Å²) in [6.07, 6.45) is 0. The SMILES string of the molecule is [SeH]C([P+]([SeH])(c1ccccc1)c1ccccc1)[P+]([SeH])(c1ccccc1)c1ccccc1. The molecule has 0 saturated carbocycles.